The fourth-order valence-corrected chi connectivity index (χ4v) is 4.51. The van der Waals surface area contributed by atoms with Gasteiger partial charge in [0.15, 0.2) is 0 Å². The molecule has 0 aliphatic carbocycles. The Morgan fingerprint density at radius 1 is 1.05 bits per heavy atom. The Balaban J connectivity index is 2.55. The molecule has 3 amide bonds. The highest BCUT2D eigenvalue weighted by atomic mass is 32.2. The molecule has 0 bridgehead atoms. The van der Waals surface area contributed by atoms with Gasteiger partial charge in [-0.25, -0.2) is 4.79 Å². The summed E-state index contributed by atoms with van der Waals surface area (Å²) >= 11 is 1.57. The summed E-state index contributed by atoms with van der Waals surface area (Å²) in [7, 11) is 0. The molecular weight excluding hydrogens is 498 g/mol. The van der Waals surface area contributed by atoms with E-state index >= 15 is 0 Å². The molecule has 2 atom stereocenters. The van der Waals surface area contributed by atoms with E-state index in [0.717, 1.165) is 16.7 Å². The number of hydrogen-bond donors (Lipinski definition) is 2. The zero-order valence-electron chi connectivity index (χ0n) is 23.6. The van der Waals surface area contributed by atoms with E-state index in [4.69, 9.17) is 4.74 Å². The molecule has 2 aromatic carbocycles. The molecular formula is C30H41N3O4S. The summed E-state index contributed by atoms with van der Waals surface area (Å²) in [6.45, 7) is 15.1. The van der Waals surface area contributed by atoms with Gasteiger partial charge in [0.25, 0.3) is 5.91 Å². The van der Waals surface area contributed by atoms with Crippen molar-refractivity contribution in [2.24, 2.45) is 0 Å². The Kier molecular flexibility index (Phi) is 11.4. The molecule has 0 radical (unpaired) electrons. The number of nitrogens with zero attached hydrogens (tertiary/aromatic N) is 1. The molecule has 8 heteroatoms. The van der Waals surface area contributed by atoms with Gasteiger partial charge >= 0.3 is 6.09 Å². The number of thioether (sulfide) groups is 1. The Morgan fingerprint density at radius 3 is 2.32 bits per heavy atom. The van der Waals surface area contributed by atoms with Gasteiger partial charge in [-0.2, -0.15) is 11.8 Å². The lowest BCUT2D eigenvalue weighted by molar-refractivity contribution is -0.140. The monoisotopic (exact) mass is 539 g/mol. The second-order valence-electron chi connectivity index (χ2n) is 10.3. The summed E-state index contributed by atoms with van der Waals surface area (Å²) in [6, 6.07) is 11.4. The number of aryl methyl sites for hydroxylation is 2. The SMILES string of the molecule is C=CCN(C(=O)C(CCSC)NC(=O)OC(C)(C)C)C(C(=O)Nc1ccccc1C)c1cccc(C)c1C. The first-order chi connectivity index (χ1) is 17.9. The van der Waals surface area contributed by atoms with E-state index in [-0.39, 0.29) is 18.4 Å². The van der Waals surface area contributed by atoms with Crippen molar-refractivity contribution in [3.05, 3.63) is 77.4 Å². The standard InChI is InChI=1S/C30H41N3O4S/c1-9-18-33(28(35)25(17-19-38-8)32-29(36)37-30(5,6)7)26(23-15-12-14-20(2)22(23)4)27(34)31-24-16-11-10-13-21(24)3/h9-16,25-26H,1,17-19H2,2-8H3,(H,31,34)(H,32,36). The number of amides is 3. The van der Waals surface area contributed by atoms with Crippen LogP contribution in [-0.2, 0) is 14.3 Å². The number of nitrogens with one attached hydrogen (secondary N) is 2. The smallest absolute Gasteiger partial charge is 0.408 e. The van der Waals surface area contributed by atoms with Gasteiger partial charge in [0.05, 0.1) is 0 Å². The second kappa shape index (κ2) is 14.0. The lowest BCUT2D eigenvalue weighted by Gasteiger charge is -2.34. The summed E-state index contributed by atoms with van der Waals surface area (Å²) in [4.78, 5) is 42.2. The van der Waals surface area contributed by atoms with Crippen LogP contribution in [-0.4, -0.2) is 53.0 Å². The molecule has 0 fully saturated rings. The molecule has 38 heavy (non-hydrogen) atoms. The summed E-state index contributed by atoms with van der Waals surface area (Å²) in [5, 5.41) is 5.77. The van der Waals surface area contributed by atoms with Crippen LogP contribution in [0, 0.1) is 20.8 Å². The first kappa shape index (κ1) is 31.0. The van der Waals surface area contributed by atoms with Gasteiger partial charge in [-0.1, -0.05) is 42.5 Å². The van der Waals surface area contributed by atoms with Gasteiger partial charge < -0.3 is 20.3 Å². The van der Waals surface area contributed by atoms with Crippen molar-refractivity contribution in [1.29, 1.82) is 0 Å². The molecule has 2 N–H and O–H groups in total. The summed E-state index contributed by atoms with van der Waals surface area (Å²) in [5.41, 5.74) is 3.50. The lowest BCUT2D eigenvalue weighted by Crippen LogP contribution is -2.52. The van der Waals surface area contributed by atoms with Crippen molar-refractivity contribution >= 4 is 35.4 Å². The maximum absolute atomic E-state index is 14.1. The van der Waals surface area contributed by atoms with Crippen LogP contribution < -0.4 is 10.6 Å². The molecule has 0 spiro atoms. The number of hydrogen-bond acceptors (Lipinski definition) is 5. The zero-order chi connectivity index (χ0) is 28.5. The topological polar surface area (TPSA) is 87.7 Å². The molecule has 0 aliphatic rings. The predicted molar refractivity (Wildman–Crippen MR) is 157 cm³/mol. The van der Waals surface area contributed by atoms with Crippen LogP contribution in [0.3, 0.4) is 0 Å². The number of alkyl carbamates (subject to hydrolysis) is 1. The second-order valence-corrected chi connectivity index (χ2v) is 11.2. The van der Waals surface area contributed by atoms with Crippen molar-refractivity contribution in [2.45, 2.75) is 65.6 Å². The van der Waals surface area contributed by atoms with Crippen molar-refractivity contribution in [1.82, 2.24) is 10.2 Å². The average molecular weight is 540 g/mol. The number of ether oxygens (including phenoxy) is 1. The predicted octanol–water partition coefficient (Wildman–Crippen LogP) is 5.95. The fraction of sp³-hybridized carbons (Fsp3) is 0.433. The summed E-state index contributed by atoms with van der Waals surface area (Å²) < 4.78 is 5.43. The third-order valence-electron chi connectivity index (χ3n) is 6.11. The van der Waals surface area contributed by atoms with E-state index in [1.54, 1.807) is 38.6 Å². The van der Waals surface area contributed by atoms with E-state index in [2.05, 4.69) is 17.2 Å². The van der Waals surface area contributed by atoms with Crippen LogP contribution in [0.25, 0.3) is 0 Å². The molecule has 0 heterocycles. The quantitative estimate of drug-likeness (QED) is 0.345. The van der Waals surface area contributed by atoms with E-state index in [1.807, 2.05) is 69.5 Å². The molecule has 2 rings (SSSR count). The Morgan fingerprint density at radius 2 is 1.71 bits per heavy atom. The molecule has 0 aromatic heterocycles. The minimum Gasteiger partial charge on any atom is -0.444 e. The van der Waals surface area contributed by atoms with Crippen LogP contribution in [0.2, 0.25) is 0 Å². The van der Waals surface area contributed by atoms with Crippen LogP contribution in [0.15, 0.2) is 55.1 Å². The van der Waals surface area contributed by atoms with Crippen molar-refractivity contribution in [2.75, 3.05) is 23.9 Å². The number of anilines is 1. The van der Waals surface area contributed by atoms with Crippen LogP contribution in [0.4, 0.5) is 10.5 Å². The molecule has 0 aliphatic heterocycles. The van der Waals surface area contributed by atoms with Gasteiger partial charge in [-0.3, -0.25) is 9.59 Å². The van der Waals surface area contributed by atoms with Crippen LogP contribution in [0.1, 0.15) is 55.5 Å². The van der Waals surface area contributed by atoms with Gasteiger partial charge in [0, 0.05) is 12.2 Å². The molecule has 206 valence electrons. The summed E-state index contributed by atoms with van der Waals surface area (Å²) in [5.74, 6) is -0.0859. The number of rotatable bonds is 11. The molecule has 2 unspecified atom stereocenters. The molecule has 0 saturated heterocycles. The lowest BCUT2D eigenvalue weighted by atomic mass is 9.94. The van der Waals surface area contributed by atoms with E-state index in [0.29, 0.717) is 23.4 Å². The van der Waals surface area contributed by atoms with E-state index in [9.17, 15) is 14.4 Å². The highest BCUT2D eigenvalue weighted by Crippen LogP contribution is 2.29. The van der Waals surface area contributed by atoms with Crippen molar-refractivity contribution < 1.29 is 19.1 Å². The normalized spacial score (nSPS) is 12.7. The van der Waals surface area contributed by atoms with Crippen LogP contribution >= 0.6 is 11.8 Å². The third kappa shape index (κ3) is 8.65. The summed E-state index contributed by atoms with van der Waals surface area (Å²) in [6.07, 6.45) is 3.23. The molecule has 7 nitrogen and oxygen atoms in total. The van der Waals surface area contributed by atoms with Gasteiger partial charge in [0.2, 0.25) is 5.91 Å². The molecule has 2 aromatic rings. The zero-order valence-corrected chi connectivity index (χ0v) is 24.4. The fourth-order valence-electron chi connectivity index (χ4n) is 4.04. The maximum Gasteiger partial charge on any atom is 0.408 e. The van der Waals surface area contributed by atoms with Gasteiger partial charge in [-0.15, -0.1) is 6.58 Å². The van der Waals surface area contributed by atoms with Gasteiger partial charge in [-0.05, 0) is 88.3 Å². The largest absolute Gasteiger partial charge is 0.444 e. The average Bonchev–Trinajstić information content (AvgIpc) is 2.83. The minimum atomic E-state index is -0.947. The van der Waals surface area contributed by atoms with Crippen molar-refractivity contribution in [3.63, 3.8) is 0 Å². The van der Waals surface area contributed by atoms with E-state index in [1.165, 1.54) is 4.90 Å². The van der Waals surface area contributed by atoms with Crippen LogP contribution in [0.5, 0.6) is 0 Å². The highest BCUT2D eigenvalue weighted by Gasteiger charge is 2.36. The Hall–Kier alpha value is -3.26. The Bertz CT molecular complexity index is 1140. The first-order valence-electron chi connectivity index (χ1n) is 12.7. The Labute approximate surface area is 231 Å². The first-order valence-corrected chi connectivity index (χ1v) is 14.1. The third-order valence-corrected chi connectivity index (χ3v) is 6.76. The number of para-hydroxylation sites is 1. The van der Waals surface area contributed by atoms with E-state index < -0.39 is 23.8 Å². The van der Waals surface area contributed by atoms with Gasteiger partial charge in [0.1, 0.15) is 17.7 Å². The maximum atomic E-state index is 14.1. The number of benzene rings is 2. The molecule has 0 saturated carbocycles. The number of carbonyl (C=O) groups is 3. The minimum absolute atomic E-state index is 0.115. The van der Waals surface area contributed by atoms with Crippen molar-refractivity contribution in [3.8, 4) is 0 Å². The highest BCUT2D eigenvalue weighted by molar-refractivity contribution is 7.98. The number of carbonyl (C=O) groups excluding carboxylic acids is 3.